The number of nitriles is 1. The Labute approximate surface area is 160 Å². The first-order chi connectivity index (χ1) is 13.6. The van der Waals surface area contributed by atoms with Crippen molar-refractivity contribution in [3.63, 3.8) is 0 Å². The molecule has 0 fully saturated rings. The van der Waals surface area contributed by atoms with Crippen molar-refractivity contribution in [2.24, 2.45) is 7.05 Å². The predicted octanol–water partition coefficient (Wildman–Crippen LogP) is 2.82. The fourth-order valence-electron chi connectivity index (χ4n) is 3.46. The molecule has 3 aromatic rings. The number of hydrogen-bond acceptors (Lipinski definition) is 5. The minimum atomic E-state index is -0.632. The van der Waals surface area contributed by atoms with E-state index >= 15 is 0 Å². The van der Waals surface area contributed by atoms with Gasteiger partial charge in [0.15, 0.2) is 0 Å². The Bertz CT molecular complexity index is 1120. The number of carbonyl (C=O) groups excluding carboxylic acids is 1. The van der Waals surface area contributed by atoms with Gasteiger partial charge in [0.2, 0.25) is 0 Å². The molecule has 4 rings (SSSR count). The summed E-state index contributed by atoms with van der Waals surface area (Å²) in [5.41, 5.74) is 3.38. The highest BCUT2D eigenvalue weighted by molar-refractivity contribution is 6.08. The number of carbonyl (C=O) groups is 1. The molecular weight excluding hydrogens is 361 g/mol. The number of halogens is 1. The van der Waals surface area contributed by atoms with Crippen LogP contribution >= 0.6 is 0 Å². The molecular formula is C20H18FN5O2. The molecule has 0 bridgehead atoms. The van der Waals surface area contributed by atoms with Gasteiger partial charge in [-0.05, 0) is 24.3 Å². The molecule has 0 unspecified atom stereocenters. The van der Waals surface area contributed by atoms with Crippen LogP contribution in [0.4, 0.5) is 15.9 Å². The van der Waals surface area contributed by atoms with Gasteiger partial charge in [-0.25, -0.2) is 9.37 Å². The molecule has 28 heavy (non-hydrogen) atoms. The minimum Gasteiger partial charge on any atom is -0.489 e. The molecule has 0 saturated heterocycles. The molecule has 3 heterocycles. The molecule has 7 nitrogen and oxygen atoms in total. The number of anilines is 2. The van der Waals surface area contributed by atoms with E-state index < -0.39 is 6.67 Å². The maximum atomic E-state index is 12.4. The van der Waals surface area contributed by atoms with Crippen LogP contribution in [0.5, 0.6) is 5.75 Å². The van der Waals surface area contributed by atoms with Crippen molar-refractivity contribution in [1.82, 2.24) is 14.9 Å². The van der Waals surface area contributed by atoms with Crippen molar-refractivity contribution in [2.45, 2.75) is 6.42 Å². The van der Waals surface area contributed by atoms with Crippen molar-refractivity contribution in [2.75, 3.05) is 25.1 Å². The second kappa shape index (κ2) is 7.19. The molecule has 0 atom stereocenters. The van der Waals surface area contributed by atoms with Gasteiger partial charge < -0.3 is 19.9 Å². The van der Waals surface area contributed by atoms with Crippen LogP contribution in [0.25, 0.3) is 11.0 Å². The normalized spacial score (nSPS) is 13.0. The third kappa shape index (κ3) is 3.01. The Morgan fingerprint density at radius 1 is 1.39 bits per heavy atom. The van der Waals surface area contributed by atoms with Gasteiger partial charge in [-0.3, -0.25) is 4.79 Å². The van der Waals surface area contributed by atoms with Gasteiger partial charge >= 0.3 is 0 Å². The second-order valence-corrected chi connectivity index (χ2v) is 6.44. The van der Waals surface area contributed by atoms with Crippen molar-refractivity contribution in [1.29, 1.82) is 5.26 Å². The number of benzene rings is 1. The Morgan fingerprint density at radius 3 is 3.04 bits per heavy atom. The van der Waals surface area contributed by atoms with Crippen LogP contribution in [0.15, 0.2) is 30.3 Å². The number of aryl methyl sites for hydroxylation is 1. The third-order valence-electron chi connectivity index (χ3n) is 4.74. The number of fused-ring (bicyclic) bond motifs is 3. The zero-order valence-electron chi connectivity index (χ0n) is 15.3. The molecule has 1 aromatic carbocycles. The molecule has 2 aromatic heterocycles. The minimum absolute atomic E-state index is 0.0731. The summed E-state index contributed by atoms with van der Waals surface area (Å²) in [5, 5.41) is 16.0. The lowest BCUT2D eigenvalue weighted by Gasteiger charge is -2.13. The number of aromatic nitrogens is 2. The molecule has 0 radical (unpaired) electrons. The van der Waals surface area contributed by atoms with Crippen LogP contribution in [-0.4, -0.2) is 35.3 Å². The number of nitrogens with zero attached hydrogens (tertiary/aromatic N) is 3. The van der Waals surface area contributed by atoms with E-state index in [-0.39, 0.29) is 12.5 Å². The van der Waals surface area contributed by atoms with E-state index in [1.165, 1.54) is 0 Å². The maximum absolute atomic E-state index is 12.4. The largest absolute Gasteiger partial charge is 0.489 e. The zero-order chi connectivity index (χ0) is 19.7. The second-order valence-electron chi connectivity index (χ2n) is 6.44. The van der Waals surface area contributed by atoms with Gasteiger partial charge in [0.05, 0.1) is 11.1 Å². The zero-order valence-corrected chi connectivity index (χ0v) is 15.3. The summed E-state index contributed by atoms with van der Waals surface area (Å²) in [6.45, 7) is -0.125. The summed E-state index contributed by atoms with van der Waals surface area (Å²) in [5.74, 6) is 0.834. The third-order valence-corrected chi connectivity index (χ3v) is 4.74. The van der Waals surface area contributed by atoms with E-state index in [1.807, 2.05) is 23.8 Å². The fourth-order valence-corrected chi connectivity index (χ4v) is 3.46. The van der Waals surface area contributed by atoms with Gasteiger partial charge in [0.1, 0.15) is 36.6 Å². The number of ether oxygens (including phenoxy) is 1. The van der Waals surface area contributed by atoms with Crippen LogP contribution in [0, 0.1) is 11.3 Å². The van der Waals surface area contributed by atoms with E-state index in [1.54, 1.807) is 24.3 Å². The first-order valence-electron chi connectivity index (χ1n) is 8.89. The summed E-state index contributed by atoms with van der Waals surface area (Å²) in [6.07, 6.45) is 0.765. The summed E-state index contributed by atoms with van der Waals surface area (Å²) >= 11 is 0. The lowest BCUT2D eigenvalue weighted by molar-refractivity contribution is 0.0947. The first-order valence-corrected chi connectivity index (χ1v) is 8.89. The van der Waals surface area contributed by atoms with Gasteiger partial charge in [-0.15, -0.1) is 0 Å². The lowest BCUT2D eigenvalue weighted by atomic mass is 10.1. The standard InChI is InChI=1S/C20H18FN5O2/c1-26-15-6-8-23-20(27)18(15)14-4-5-17(25-19(14)26)24-13-3-2-12(11-22)16(10-13)28-9-7-21/h2-5,10H,6-9H2,1H3,(H,23,27)(H,24,25). The van der Waals surface area contributed by atoms with Crippen molar-refractivity contribution in [3.05, 3.63) is 47.2 Å². The number of alkyl halides is 1. The van der Waals surface area contributed by atoms with Crippen LogP contribution < -0.4 is 15.4 Å². The van der Waals surface area contributed by atoms with Crippen molar-refractivity contribution in [3.8, 4) is 11.8 Å². The summed E-state index contributed by atoms with van der Waals surface area (Å²) in [4.78, 5) is 16.9. The van der Waals surface area contributed by atoms with Crippen LogP contribution in [0.2, 0.25) is 0 Å². The molecule has 1 aliphatic rings. The maximum Gasteiger partial charge on any atom is 0.253 e. The molecule has 0 saturated carbocycles. The molecule has 8 heteroatoms. The Balaban J connectivity index is 1.68. The van der Waals surface area contributed by atoms with E-state index in [9.17, 15) is 9.18 Å². The predicted molar refractivity (Wildman–Crippen MR) is 103 cm³/mol. The fraction of sp³-hybridized carbons (Fsp3) is 0.250. The summed E-state index contributed by atoms with van der Waals surface area (Å²) < 4.78 is 19.7. The molecule has 0 aliphatic carbocycles. The number of nitrogens with one attached hydrogen (secondary N) is 2. The van der Waals surface area contributed by atoms with E-state index in [0.717, 1.165) is 23.1 Å². The lowest BCUT2D eigenvalue weighted by Crippen LogP contribution is -2.32. The summed E-state index contributed by atoms with van der Waals surface area (Å²) in [7, 11) is 1.90. The highest BCUT2D eigenvalue weighted by Gasteiger charge is 2.25. The molecule has 142 valence electrons. The number of rotatable bonds is 5. The molecule has 0 spiro atoms. The molecule has 1 aliphatic heterocycles. The average molecular weight is 379 g/mol. The van der Waals surface area contributed by atoms with Crippen molar-refractivity contribution < 1.29 is 13.9 Å². The van der Waals surface area contributed by atoms with E-state index in [0.29, 0.717) is 34.9 Å². The van der Waals surface area contributed by atoms with Crippen LogP contribution in [0.1, 0.15) is 21.6 Å². The molecule has 1 amide bonds. The topological polar surface area (TPSA) is 92.0 Å². The number of hydrogen-bond donors (Lipinski definition) is 2. The van der Waals surface area contributed by atoms with Crippen LogP contribution in [0.3, 0.4) is 0 Å². The Morgan fingerprint density at radius 2 is 2.25 bits per heavy atom. The monoisotopic (exact) mass is 379 g/mol. The highest BCUT2D eigenvalue weighted by Crippen LogP contribution is 2.29. The number of pyridine rings is 1. The molecule has 2 N–H and O–H groups in total. The van der Waals surface area contributed by atoms with Gasteiger partial charge in [0.25, 0.3) is 5.91 Å². The Kier molecular flexibility index (Phi) is 4.57. The quantitative estimate of drug-likeness (QED) is 0.711. The van der Waals surface area contributed by atoms with E-state index in [2.05, 4.69) is 15.6 Å². The summed E-state index contributed by atoms with van der Waals surface area (Å²) in [6, 6.07) is 10.7. The smallest absolute Gasteiger partial charge is 0.253 e. The van der Waals surface area contributed by atoms with Gasteiger partial charge in [-0.2, -0.15) is 5.26 Å². The van der Waals surface area contributed by atoms with Crippen LogP contribution in [-0.2, 0) is 13.5 Å². The average Bonchev–Trinajstić information content (AvgIpc) is 3.00. The number of amides is 1. The SMILES string of the molecule is Cn1c2c(c3ccc(Nc4ccc(C#N)c(OCCF)c4)nc31)C(=O)NCC2. The van der Waals surface area contributed by atoms with Crippen molar-refractivity contribution >= 4 is 28.4 Å². The first kappa shape index (κ1) is 17.8. The van der Waals surface area contributed by atoms with Gasteiger partial charge in [-0.1, -0.05) is 0 Å². The van der Waals surface area contributed by atoms with E-state index in [4.69, 9.17) is 10.00 Å². The van der Waals surface area contributed by atoms with Gasteiger partial charge in [0, 0.05) is 42.8 Å². The Hall–Kier alpha value is -3.60. The highest BCUT2D eigenvalue weighted by atomic mass is 19.1.